The van der Waals surface area contributed by atoms with Crippen LogP contribution in [0, 0.1) is 6.92 Å². The predicted molar refractivity (Wildman–Crippen MR) is 156 cm³/mol. The molecule has 42 heavy (non-hydrogen) atoms. The van der Waals surface area contributed by atoms with Crippen molar-refractivity contribution in [1.82, 2.24) is 10.6 Å². The summed E-state index contributed by atoms with van der Waals surface area (Å²) >= 11 is 0. The zero-order valence-electron chi connectivity index (χ0n) is 23.7. The molecule has 1 heterocycles. The molecule has 11 nitrogen and oxygen atoms in total. The molecule has 1 unspecified atom stereocenters. The van der Waals surface area contributed by atoms with Crippen LogP contribution in [0.4, 0.5) is 16.2 Å². The first-order valence-corrected chi connectivity index (χ1v) is 13.2. The third-order valence-corrected chi connectivity index (χ3v) is 6.47. The number of ether oxygens (including phenoxy) is 3. The van der Waals surface area contributed by atoms with Crippen LogP contribution in [0.2, 0.25) is 0 Å². The lowest BCUT2D eigenvalue weighted by Gasteiger charge is -2.29. The molecule has 0 spiro atoms. The molecule has 1 aliphatic rings. The highest BCUT2D eigenvalue weighted by atomic mass is 16.5. The molecule has 0 aliphatic carbocycles. The van der Waals surface area contributed by atoms with Gasteiger partial charge in [0.15, 0.2) is 18.1 Å². The van der Waals surface area contributed by atoms with Crippen LogP contribution in [0.25, 0.3) is 0 Å². The Bertz CT molecular complexity index is 1530. The lowest BCUT2D eigenvalue weighted by atomic mass is 9.94. The minimum absolute atomic E-state index is 0.270. The Labute approximate surface area is 243 Å². The van der Waals surface area contributed by atoms with Gasteiger partial charge in [-0.25, -0.2) is 9.59 Å². The van der Waals surface area contributed by atoms with E-state index in [0.29, 0.717) is 45.3 Å². The number of amides is 4. The van der Waals surface area contributed by atoms with Gasteiger partial charge in [0.2, 0.25) is 0 Å². The lowest BCUT2D eigenvalue weighted by molar-refractivity contribution is -0.118. The number of methoxy groups -OCH3 is 1. The maximum Gasteiger partial charge on any atom is 0.338 e. The second-order valence-corrected chi connectivity index (χ2v) is 9.38. The van der Waals surface area contributed by atoms with Crippen molar-refractivity contribution >= 4 is 35.2 Å². The van der Waals surface area contributed by atoms with Gasteiger partial charge in [-0.1, -0.05) is 24.3 Å². The second kappa shape index (κ2) is 13.4. The molecule has 0 saturated carbocycles. The van der Waals surface area contributed by atoms with Crippen molar-refractivity contribution in [3.63, 3.8) is 0 Å². The Hall–Kier alpha value is -5.32. The second-order valence-electron chi connectivity index (χ2n) is 9.38. The topological polar surface area (TPSA) is 144 Å². The summed E-state index contributed by atoms with van der Waals surface area (Å²) in [6.45, 7) is 5.23. The van der Waals surface area contributed by atoms with Gasteiger partial charge in [0.25, 0.3) is 11.8 Å². The molecular weight excluding hydrogens is 540 g/mol. The summed E-state index contributed by atoms with van der Waals surface area (Å²) in [7, 11) is 1.45. The highest BCUT2D eigenvalue weighted by molar-refractivity contribution is 6.07. The average molecular weight is 573 g/mol. The van der Waals surface area contributed by atoms with Crippen molar-refractivity contribution in [2.75, 3.05) is 31.0 Å². The third kappa shape index (κ3) is 7.05. The molecule has 0 radical (unpaired) electrons. The number of hydrogen-bond donors (Lipinski definition) is 4. The van der Waals surface area contributed by atoms with Crippen LogP contribution >= 0.6 is 0 Å². The molecule has 0 saturated heterocycles. The number of carbonyl (C=O) groups is 4. The van der Waals surface area contributed by atoms with E-state index < -0.39 is 23.9 Å². The van der Waals surface area contributed by atoms with Crippen molar-refractivity contribution in [2.45, 2.75) is 26.8 Å². The number of nitrogens with one attached hydrogen (secondary N) is 4. The molecule has 1 atom stereocenters. The highest BCUT2D eigenvalue weighted by Crippen LogP contribution is 2.35. The summed E-state index contributed by atoms with van der Waals surface area (Å²) in [4.78, 5) is 50.0. The minimum Gasteiger partial charge on any atom is -0.493 e. The van der Waals surface area contributed by atoms with Crippen molar-refractivity contribution < 1.29 is 33.4 Å². The predicted octanol–water partition coefficient (Wildman–Crippen LogP) is 4.46. The quantitative estimate of drug-likeness (QED) is 0.263. The fraction of sp³-hybridized carbons (Fsp3) is 0.226. The molecule has 0 aromatic heterocycles. The van der Waals surface area contributed by atoms with E-state index >= 15 is 0 Å². The molecule has 0 bridgehead atoms. The third-order valence-electron chi connectivity index (χ3n) is 6.47. The number of benzene rings is 3. The number of esters is 1. The number of para-hydroxylation sites is 1. The van der Waals surface area contributed by atoms with Crippen molar-refractivity contribution in [1.29, 1.82) is 0 Å². The first kappa shape index (κ1) is 29.7. The Morgan fingerprint density at radius 1 is 0.929 bits per heavy atom. The Morgan fingerprint density at radius 3 is 2.36 bits per heavy atom. The van der Waals surface area contributed by atoms with E-state index in [0.717, 1.165) is 5.56 Å². The zero-order valence-corrected chi connectivity index (χ0v) is 23.7. The van der Waals surface area contributed by atoms with Crippen LogP contribution in [0.1, 0.15) is 41.4 Å². The fourth-order valence-electron chi connectivity index (χ4n) is 4.38. The van der Waals surface area contributed by atoms with Gasteiger partial charge in [0.1, 0.15) is 0 Å². The molecular formula is C31H32N4O7. The molecule has 4 rings (SSSR count). The molecule has 11 heteroatoms. The van der Waals surface area contributed by atoms with E-state index in [1.165, 1.54) is 7.11 Å². The van der Waals surface area contributed by atoms with Gasteiger partial charge >= 0.3 is 12.0 Å². The van der Waals surface area contributed by atoms with Crippen LogP contribution in [-0.4, -0.2) is 44.1 Å². The van der Waals surface area contributed by atoms with Gasteiger partial charge in [-0.3, -0.25) is 9.59 Å². The van der Waals surface area contributed by atoms with E-state index in [1.807, 2.05) is 25.1 Å². The van der Waals surface area contributed by atoms with Gasteiger partial charge < -0.3 is 35.5 Å². The first-order chi connectivity index (χ1) is 20.2. The van der Waals surface area contributed by atoms with Crippen molar-refractivity contribution in [2.24, 2.45) is 0 Å². The summed E-state index contributed by atoms with van der Waals surface area (Å²) in [5.41, 5.74) is 3.75. The van der Waals surface area contributed by atoms with Crippen LogP contribution < -0.4 is 30.7 Å². The van der Waals surface area contributed by atoms with Gasteiger partial charge in [0.05, 0.1) is 30.9 Å². The minimum atomic E-state index is -0.772. The summed E-state index contributed by atoms with van der Waals surface area (Å²) in [6, 6.07) is 17.4. The lowest BCUT2D eigenvalue weighted by Crippen LogP contribution is -2.46. The molecule has 4 amide bonds. The zero-order chi connectivity index (χ0) is 30.2. The van der Waals surface area contributed by atoms with Crippen molar-refractivity contribution in [3.05, 3.63) is 94.7 Å². The molecule has 218 valence electrons. The Balaban J connectivity index is 1.46. The number of urea groups is 1. The molecule has 1 aliphatic heterocycles. The monoisotopic (exact) mass is 572 g/mol. The number of carbonyl (C=O) groups excluding carboxylic acids is 4. The molecule has 4 N–H and O–H groups in total. The number of anilines is 2. The van der Waals surface area contributed by atoms with Gasteiger partial charge in [0, 0.05) is 17.1 Å². The summed E-state index contributed by atoms with van der Waals surface area (Å²) in [6.07, 6.45) is 0. The molecule has 0 fully saturated rings. The number of hydrogen-bond acceptors (Lipinski definition) is 7. The van der Waals surface area contributed by atoms with E-state index in [-0.39, 0.29) is 19.1 Å². The van der Waals surface area contributed by atoms with E-state index in [1.54, 1.807) is 62.4 Å². The SMILES string of the molecule is CCOC(=O)c1ccc(NC(=O)COc2ccc(C3NC(=O)NC(C)=C3C(=O)Nc3ccccc3C)cc2OC)cc1. The van der Waals surface area contributed by atoms with Crippen LogP contribution in [-0.2, 0) is 14.3 Å². The van der Waals surface area contributed by atoms with E-state index in [9.17, 15) is 19.2 Å². The normalized spacial score (nSPS) is 14.3. The van der Waals surface area contributed by atoms with Gasteiger partial charge in [-0.05, 0) is 74.4 Å². The largest absolute Gasteiger partial charge is 0.493 e. The number of aryl methyl sites for hydroxylation is 1. The van der Waals surface area contributed by atoms with Crippen LogP contribution in [0.3, 0.4) is 0 Å². The van der Waals surface area contributed by atoms with Crippen LogP contribution in [0.5, 0.6) is 11.5 Å². The van der Waals surface area contributed by atoms with Crippen molar-refractivity contribution in [3.8, 4) is 11.5 Å². The standard InChI is InChI=1S/C31H32N4O7/c1-5-41-30(38)20-10-13-22(14-11-20)33-26(36)17-42-24-15-12-21(16-25(24)40-4)28-27(19(3)32-31(39)35-28)29(37)34-23-9-7-6-8-18(23)2/h6-16,28H,5,17H2,1-4H3,(H,33,36)(H,34,37)(H2,32,35,39). The number of rotatable bonds is 10. The van der Waals surface area contributed by atoms with Gasteiger partial charge in [-0.2, -0.15) is 0 Å². The summed E-state index contributed by atoms with van der Waals surface area (Å²) in [5.74, 6) is -0.637. The Kier molecular flexibility index (Phi) is 9.43. The molecule has 3 aromatic rings. The number of allylic oxidation sites excluding steroid dienone is 1. The van der Waals surface area contributed by atoms with E-state index in [2.05, 4.69) is 21.3 Å². The fourth-order valence-corrected chi connectivity index (χ4v) is 4.38. The summed E-state index contributed by atoms with van der Waals surface area (Å²) < 4.78 is 16.2. The maximum atomic E-state index is 13.4. The molecule has 3 aromatic carbocycles. The van der Waals surface area contributed by atoms with E-state index in [4.69, 9.17) is 14.2 Å². The van der Waals surface area contributed by atoms with Gasteiger partial charge in [-0.15, -0.1) is 0 Å². The summed E-state index contributed by atoms with van der Waals surface area (Å²) in [5, 5.41) is 11.1. The van der Waals surface area contributed by atoms with Crippen LogP contribution in [0.15, 0.2) is 78.0 Å². The highest BCUT2D eigenvalue weighted by Gasteiger charge is 2.32. The smallest absolute Gasteiger partial charge is 0.338 e. The maximum absolute atomic E-state index is 13.4. The Morgan fingerprint density at radius 2 is 1.67 bits per heavy atom. The first-order valence-electron chi connectivity index (χ1n) is 13.2. The average Bonchev–Trinajstić information content (AvgIpc) is 2.97.